The third-order valence-corrected chi connectivity index (χ3v) is 3.62. The van der Waals surface area contributed by atoms with E-state index in [4.69, 9.17) is 9.47 Å². The van der Waals surface area contributed by atoms with Gasteiger partial charge in [0.1, 0.15) is 0 Å². The highest BCUT2D eigenvalue weighted by molar-refractivity contribution is 5.74. The zero-order valence-corrected chi connectivity index (χ0v) is 9.25. The number of hydrogen-bond acceptors (Lipinski definition) is 4. The number of ether oxygens (including phenoxy) is 2. The smallest absolute Gasteiger partial charge is 0.310 e. The van der Waals surface area contributed by atoms with Gasteiger partial charge in [-0.15, -0.1) is 0 Å². The normalized spacial score (nSPS) is 29.3. The van der Waals surface area contributed by atoms with Crippen molar-refractivity contribution in [1.29, 1.82) is 0 Å². The summed E-state index contributed by atoms with van der Waals surface area (Å²) in [5.41, 5.74) is 0.102. The summed E-state index contributed by atoms with van der Waals surface area (Å²) in [4.78, 5) is 11.8. The molecule has 4 heteroatoms. The summed E-state index contributed by atoms with van der Waals surface area (Å²) < 4.78 is 10.5. The molecule has 0 aromatic rings. The zero-order chi connectivity index (χ0) is 10.7. The number of carbonyl (C=O) groups excluding carboxylic acids is 1. The van der Waals surface area contributed by atoms with Gasteiger partial charge in [-0.1, -0.05) is 0 Å². The quantitative estimate of drug-likeness (QED) is 0.681. The molecule has 86 valence electrons. The minimum absolute atomic E-state index is 0.0290. The Morgan fingerprint density at radius 2 is 2.27 bits per heavy atom. The Kier molecular flexibility index (Phi) is 3.26. The second-order valence-electron chi connectivity index (χ2n) is 4.41. The first-order valence-electron chi connectivity index (χ1n) is 5.73. The fourth-order valence-corrected chi connectivity index (χ4v) is 2.68. The average molecular weight is 213 g/mol. The van der Waals surface area contributed by atoms with E-state index < -0.39 is 0 Å². The largest absolute Gasteiger partial charge is 0.466 e. The molecule has 0 aromatic carbocycles. The van der Waals surface area contributed by atoms with Crippen molar-refractivity contribution in [2.45, 2.75) is 19.8 Å². The van der Waals surface area contributed by atoms with Crippen molar-refractivity contribution in [3.8, 4) is 0 Å². The number of nitrogens with one attached hydrogen (secondary N) is 1. The van der Waals surface area contributed by atoms with Gasteiger partial charge in [0, 0.05) is 31.7 Å². The van der Waals surface area contributed by atoms with Crippen LogP contribution in [0, 0.1) is 11.3 Å². The van der Waals surface area contributed by atoms with Crippen LogP contribution in [0.3, 0.4) is 0 Å². The van der Waals surface area contributed by atoms with Crippen molar-refractivity contribution in [2.24, 2.45) is 11.3 Å². The van der Waals surface area contributed by atoms with Gasteiger partial charge >= 0.3 is 5.97 Å². The third-order valence-electron chi connectivity index (χ3n) is 3.62. The van der Waals surface area contributed by atoms with Crippen LogP contribution in [0.1, 0.15) is 19.8 Å². The summed E-state index contributed by atoms with van der Waals surface area (Å²) in [6.07, 6.45) is 1.95. The molecule has 0 aromatic heterocycles. The van der Waals surface area contributed by atoms with E-state index in [0.29, 0.717) is 6.61 Å². The highest BCUT2D eigenvalue weighted by atomic mass is 16.5. The van der Waals surface area contributed by atoms with Gasteiger partial charge in [0.05, 0.1) is 12.5 Å². The maximum Gasteiger partial charge on any atom is 0.310 e. The highest BCUT2D eigenvalue weighted by Gasteiger charge is 2.48. The van der Waals surface area contributed by atoms with Crippen LogP contribution in [0.2, 0.25) is 0 Å². The lowest BCUT2D eigenvalue weighted by atomic mass is 9.72. The van der Waals surface area contributed by atoms with E-state index in [1.54, 1.807) is 0 Å². The maximum absolute atomic E-state index is 11.8. The van der Waals surface area contributed by atoms with Crippen LogP contribution in [-0.4, -0.2) is 38.9 Å². The predicted octanol–water partition coefficient (Wildman–Crippen LogP) is 0.566. The Morgan fingerprint density at radius 1 is 1.53 bits per heavy atom. The fraction of sp³-hybridized carbons (Fsp3) is 0.909. The first-order chi connectivity index (χ1) is 7.28. The number of esters is 1. The van der Waals surface area contributed by atoms with E-state index in [1.807, 2.05) is 6.92 Å². The molecule has 0 saturated carbocycles. The van der Waals surface area contributed by atoms with Gasteiger partial charge < -0.3 is 14.8 Å². The molecule has 1 N–H and O–H groups in total. The molecule has 1 atom stereocenters. The Labute approximate surface area is 90.3 Å². The molecule has 0 amide bonds. The van der Waals surface area contributed by atoms with E-state index >= 15 is 0 Å². The van der Waals surface area contributed by atoms with Gasteiger partial charge in [-0.05, 0) is 19.8 Å². The molecule has 1 spiro atoms. The van der Waals surface area contributed by atoms with E-state index in [1.165, 1.54) is 0 Å². The summed E-state index contributed by atoms with van der Waals surface area (Å²) in [6, 6.07) is 0. The van der Waals surface area contributed by atoms with Crippen molar-refractivity contribution in [3.05, 3.63) is 0 Å². The first kappa shape index (κ1) is 10.9. The van der Waals surface area contributed by atoms with Crippen molar-refractivity contribution < 1.29 is 14.3 Å². The first-order valence-corrected chi connectivity index (χ1v) is 5.73. The summed E-state index contributed by atoms with van der Waals surface area (Å²) in [5.74, 6) is -0.00856. The monoisotopic (exact) mass is 213 g/mol. The van der Waals surface area contributed by atoms with Crippen LogP contribution >= 0.6 is 0 Å². The molecule has 2 heterocycles. The molecular formula is C11H19NO3. The molecule has 2 aliphatic heterocycles. The van der Waals surface area contributed by atoms with Crippen LogP contribution in [0.25, 0.3) is 0 Å². The van der Waals surface area contributed by atoms with Crippen LogP contribution in [0.5, 0.6) is 0 Å². The summed E-state index contributed by atoms with van der Waals surface area (Å²) in [6.45, 7) is 5.58. The lowest BCUT2D eigenvalue weighted by Gasteiger charge is -2.36. The summed E-state index contributed by atoms with van der Waals surface area (Å²) in [5, 5.41) is 3.32. The van der Waals surface area contributed by atoms with Crippen molar-refractivity contribution in [3.63, 3.8) is 0 Å². The van der Waals surface area contributed by atoms with Crippen molar-refractivity contribution >= 4 is 5.97 Å². The van der Waals surface area contributed by atoms with Crippen LogP contribution in [0.4, 0.5) is 0 Å². The second kappa shape index (κ2) is 4.49. The molecule has 0 radical (unpaired) electrons. The van der Waals surface area contributed by atoms with Gasteiger partial charge in [0.2, 0.25) is 0 Å². The Morgan fingerprint density at radius 3 is 2.93 bits per heavy atom. The Balaban J connectivity index is 2.06. The minimum atomic E-state index is -0.0376. The van der Waals surface area contributed by atoms with E-state index in [9.17, 15) is 4.79 Å². The lowest BCUT2D eigenvalue weighted by molar-refractivity contribution is -0.153. The Bertz CT molecular complexity index is 236. The van der Waals surface area contributed by atoms with Crippen LogP contribution < -0.4 is 5.32 Å². The molecule has 0 aliphatic carbocycles. The number of rotatable bonds is 2. The van der Waals surface area contributed by atoms with Gasteiger partial charge in [-0.3, -0.25) is 4.79 Å². The van der Waals surface area contributed by atoms with Gasteiger partial charge in [0.25, 0.3) is 0 Å². The molecule has 2 aliphatic rings. The number of carbonyl (C=O) groups is 1. The zero-order valence-electron chi connectivity index (χ0n) is 9.25. The third kappa shape index (κ3) is 2.01. The molecule has 2 rings (SSSR count). The minimum Gasteiger partial charge on any atom is -0.466 e. The van der Waals surface area contributed by atoms with E-state index in [-0.39, 0.29) is 17.3 Å². The molecule has 4 nitrogen and oxygen atoms in total. The predicted molar refractivity (Wildman–Crippen MR) is 55.5 cm³/mol. The molecular weight excluding hydrogens is 194 g/mol. The SMILES string of the molecule is CCOC(=O)C1CNCC12CCOCC2. The molecule has 0 bridgehead atoms. The standard InChI is InChI=1S/C11H19NO3/c1-2-15-10(13)9-7-12-8-11(9)3-5-14-6-4-11/h9,12H,2-8H2,1H3. The summed E-state index contributed by atoms with van der Waals surface area (Å²) >= 11 is 0. The average Bonchev–Trinajstić information content (AvgIpc) is 2.63. The molecule has 1 unspecified atom stereocenters. The van der Waals surface area contributed by atoms with Gasteiger partial charge in [0.15, 0.2) is 0 Å². The van der Waals surface area contributed by atoms with Crippen molar-refractivity contribution in [2.75, 3.05) is 32.9 Å². The Hall–Kier alpha value is -0.610. The molecule has 2 fully saturated rings. The van der Waals surface area contributed by atoms with Crippen molar-refractivity contribution in [1.82, 2.24) is 5.32 Å². The van der Waals surface area contributed by atoms with Gasteiger partial charge in [-0.25, -0.2) is 0 Å². The highest BCUT2D eigenvalue weighted by Crippen LogP contribution is 2.41. The van der Waals surface area contributed by atoms with Crippen LogP contribution in [-0.2, 0) is 14.3 Å². The fourth-order valence-electron chi connectivity index (χ4n) is 2.68. The molecule has 2 saturated heterocycles. The summed E-state index contributed by atoms with van der Waals surface area (Å²) in [7, 11) is 0. The van der Waals surface area contributed by atoms with Gasteiger partial charge in [-0.2, -0.15) is 0 Å². The second-order valence-corrected chi connectivity index (χ2v) is 4.41. The number of hydrogen-bond donors (Lipinski definition) is 1. The van der Waals surface area contributed by atoms with E-state index in [2.05, 4.69) is 5.32 Å². The van der Waals surface area contributed by atoms with E-state index in [0.717, 1.165) is 39.1 Å². The lowest BCUT2D eigenvalue weighted by Crippen LogP contribution is -2.40. The van der Waals surface area contributed by atoms with Crippen LogP contribution in [0.15, 0.2) is 0 Å². The topological polar surface area (TPSA) is 47.6 Å². The maximum atomic E-state index is 11.8. The molecule has 15 heavy (non-hydrogen) atoms.